The molecule has 0 fully saturated rings. The topological polar surface area (TPSA) is 80.7 Å². The zero-order valence-corrected chi connectivity index (χ0v) is 14.6. The quantitative estimate of drug-likeness (QED) is 0.467. The lowest BCUT2D eigenvalue weighted by Crippen LogP contribution is -2.11. The van der Waals surface area contributed by atoms with Crippen LogP contribution in [0.2, 0.25) is 0 Å². The number of benzene rings is 2. The Labute approximate surface area is 151 Å². The zero-order valence-electron chi connectivity index (χ0n) is 14.6. The second-order valence-corrected chi connectivity index (χ2v) is 5.68. The fourth-order valence-corrected chi connectivity index (χ4v) is 2.48. The molecule has 2 aromatic carbocycles. The highest BCUT2D eigenvalue weighted by molar-refractivity contribution is 6.09. The SMILES string of the molecule is CCOC(=O)/C=C/c1ccc(C(=O)c2ccccc2)cc1C(C)C(=O)O. The highest BCUT2D eigenvalue weighted by atomic mass is 16.5. The molecule has 1 atom stereocenters. The van der Waals surface area contributed by atoms with Crippen LogP contribution in [0.15, 0.2) is 54.6 Å². The molecule has 0 radical (unpaired) electrons. The van der Waals surface area contributed by atoms with Crippen LogP contribution >= 0.6 is 0 Å². The first-order valence-electron chi connectivity index (χ1n) is 8.25. The summed E-state index contributed by atoms with van der Waals surface area (Å²) < 4.78 is 4.84. The van der Waals surface area contributed by atoms with Gasteiger partial charge in [0.15, 0.2) is 5.78 Å². The molecule has 26 heavy (non-hydrogen) atoms. The van der Waals surface area contributed by atoms with Gasteiger partial charge in [0.05, 0.1) is 12.5 Å². The van der Waals surface area contributed by atoms with Crippen LogP contribution in [0, 0.1) is 0 Å². The van der Waals surface area contributed by atoms with E-state index in [1.807, 2.05) is 6.07 Å². The molecule has 0 bridgehead atoms. The Hall–Kier alpha value is -3.21. The largest absolute Gasteiger partial charge is 0.481 e. The molecule has 0 aliphatic carbocycles. The molecule has 2 aromatic rings. The molecular formula is C21H20O5. The van der Waals surface area contributed by atoms with Crippen molar-refractivity contribution < 1.29 is 24.2 Å². The highest BCUT2D eigenvalue weighted by Gasteiger charge is 2.19. The van der Waals surface area contributed by atoms with Gasteiger partial charge in [0, 0.05) is 17.2 Å². The first-order valence-corrected chi connectivity index (χ1v) is 8.25. The smallest absolute Gasteiger partial charge is 0.330 e. The highest BCUT2D eigenvalue weighted by Crippen LogP contribution is 2.24. The summed E-state index contributed by atoms with van der Waals surface area (Å²) in [6.45, 7) is 3.50. The number of carbonyl (C=O) groups is 3. The zero-order chi connectivity index (χ0) is 19.1. The Kier molecular flexibility index (Phi) is 6.44. The molecule has 0 aliphatic heterocycles. The third-order valence-electron chi connectivity index (χ3n) is 3.91. The summed E-state index contributed by atoms with van der Waals surface area (Å²) in [7, 11) is 0. The Morgan fingerprint density at radius 3 is 2.38 bits per heavy atom. The maximum atomic E-state index is 12.6. The number of hydrogen-bond acceptors (Lipinski definition) is 4. The number of carboxylic acids is 1. The molecule has 0 saturated heterocycles. The van der Waals surface area contributed by atoms with Gasteiger partial charge in [-0.3, -0.25) is 9.59 Å². The van der Waals surface area contributed by atoms with Crippen LogP contribution in [0.25, 0.3) is 6.08 Å². The Bertz CT molecular complexity index is 837. The van der Waals surface area contributed by atoms with Crippen LogP contribution in [-0.4, -0.2) is 29.4 Å². The van der Waals surface area contributed by atoms with Crippen molar-refractivity contribution in [2.75, 3.05) is 6.61 Å². The Balaban J connectivity index is 2.43. The van der Waals surface area contributed by atoms with Gasteiger partial charge in [-0.25, -0.2) is 4.79 Å². The van der Waals surface area contributed by atoms with Crippen LogP contribution in [-0.2, 0) is 14.3 Å². The molecule has 0 heterocycles. The van der Waals surface area contributed by atoms with Crippen LogP contribution in [0.5, 0.6) is 0 Å². The normalized spacial score (nSPS) is 11.9. The molecule has 0 saturated carbocycles. The first kappa shape index (κ1) is 19.1. The number of carbonyl (C=O) groups excluding carboxylic acids is 2. The monoisotopic (exact) mass is 352 g/mol. The second kappa shape index (κ2) is 8.76. The second-order valence-electron chi connectivity index (χ2n) is 5.68. The summed E-state index contributed by atoms with van der Waals surface area (Å²) in [5, 5.41) is 9.37. The number of ether oxygens (including phenoxy) is 1. The average molecular weight is 352 g/mol. The van der Waals surface area contributed by atoms with E-state index in [-0.39, 0.29) is 12.4 Å². The van der Waals surface area contributed by atoms with Gasteiger partial charge in [-0.05, 0) is 37.1 Å². The van der Waals surface area contributed by atoms with Crippen molar-refractivity contribution in [3.05, 3.63) is 76.9 Å². The van der Waals surface area contributed by atoms with Crippen LogP contribution in [0.1, 0.15) is 46.8 Å². The van der Waals surface area contributed by atoms with Crippen molar-refractivity contribution in [3.63, 3.8) is 0 Å². The summed E-state index contributed by atoms with van der Waals surface area (Å²) in [5.74, 6) is -2.54. The summed E-state index contributed by atoms with van der Waals surface area (Å²) in [6, 6.07) is 13.6. The standard InChI is InChI=1S/C21H20O5/c1-3-26-19(22)12-11-15-9-10-17(13-18(15)14(2)21(24)25)20(23)16-7-5-4-6-8-16/h4-14H,3H2,1-2H3,(H,24,25)/b12-11+. The molecule has 2 rings (SSSR count). The van der Waals surface area contributed by atoms with Crippen molar-refractivity contribution in [1.29, 1.82) is 0 Å². The van der Waals surface area contributed by atoms with E-state index in [1.54, 1.807) is 49.4 Å². The summed E-state index contributed by atoms with van der Waals surface area (Å²) in [6.07, 6.45) is 2.75. The molecule has 134 valence electrons. The van der Waals surface area contributed by atoms with Gasteiger partial charge in [0.2, 0.25) is 0 Å². The van der Waals surface area contributed by atoms with Crippen LogP contribution in [0.3, 0.4) is 0 Å². The maximum absolute atomic E-state index is 12.6. The van der Waals surface area contributed by atoms with Gasteiger partial charge >= 0.3 is 11.9 Å². The van der Waals surface area contributed by atoms with Crippen molar-refractivity contribution in [1.82, 2.24) is 0 Å². The summed E-state index contributed by atoms with van der Waals surface area (Å²) in [5.41, 5.74) is 1.93. The van der Waals surface area contributed by atoms with E-state index >= 15 is 0 Å². The molecule has 5 heteroatoms. The van der Waals surface area contributed by atoms with E-state index in [4.69, 9.17) is 4.74 Å². The first-order chi connectivity index (χ1) is 12.4. The van der Waals surface area contributed by atoms with Gasteiger partial charge in [-0.1, -0.05) is 42.5 Å². The minimum absolute atomic E-state index is 0.189. The van der Waals surface area contributed by atoms with Crippen molar-refractivity contribution in [2.45, 2.75) is 19.8 Å². The van der Waals surface area contributed by atoms with Gasteiger partial charge in [0.25, 0.3) is 0 Å². The molecule has 0 aliphatic rings. The van der Waals surface area contributed by atoms with E-state index < -0.39 is 17.9 Å². The molecular weight excluding hydrogens is 332 g/mol. The van der Waals surface area contributed by atoms with Gasteiger partial charge in [-0.15, -0.1) is 0 Å². The van der Waals surface area contributed by atoms with Gasteiger partial charge in [0.1, 0.15) is 0 Å². The van der Waals surface area contributed by atoms with E-state index in [9.17, 15) is 19.5 Å². The predicted octanol–water partition coefficient (Wildman–Crippen LogP) is 3.68. The average Bonchev–Trinajstić information content (AvgIpc) is 2.66. The number of ketones is 1. The summed E-state index contributed by atoms with van der Waals surface area (Å²) in [4.78, 5) is 35.6. The number of rotatable bonds is 7. The van der Waals surface area contributed by atoms with Gasteiger partial charge in [-0.2, -0.15) is 0 Å². The molecule has 1 unspecified atom stereocenters. The molecule has 0 aromatic heterocycles. The molecule has 1 N–H and O–H groups in total. The number of hydrogen-bond donors (Lipinski definition) is 1. The lowest BCUT2D eigenvalue weighted by molar-refractivity contribution is -0.138. The van der Waals surface area contributed by atoms with Crippen molar-refractivity contribution in [2.24, 2.45) is 0 Å². The third-order valence-corrected chi connectivity index (χ3v) is 3.91. The van der Waals surface area contributed by atoms with Crippen molar-refractivity contribution in [3.8, 4) is 0 Å². The number of aliphatic carboxylic acids is 1. The van der Waals surface area contributed by atoms with Crippen LogP contribution in [0.4, 0.5) is 0 Å². The Morgan fingerprint density at radius 2 is 1.77 bits per heavy atom. The predicted molar refractivity (Wildman–Crippen MR) is 98.0 cm³/mol. The van der Waals surface area contributed by atoms with E-state index in [0.29, 0.717) is 22.3 Å². The third kappa shape index (κ3) is 4.66. The number of carboxylic acid groups (broad SMARTS) is 1. The fourth-order valence-electron chi connectivity index (χ4n) is 2.48. The molecule has 0 spiro atoms. The minimum Gasteiger partial charge on any atom is -0.481 e. The lowest BCUT2D eigenvalue weighted by atomic mass is 9.91. The van der Waals surface area contributed by atoms with Gasteiger partial charge < -0.3 is 9.84 Å². The van der Waals surface area contributed by atoms with Crippen LogP contribution < -0.4 is 0 Å². The fraction of sp³-hybridized carbons (Fsp3) is 0.190. The van der Waals surface area contributed by atoms with E-state index in [1.165, 1.54) is 19.1 Å². The summed E-state index contributed by atoms with van der Waals surface area (Å²) >= 11 is 0. The Morgan fingerprint density at radius 1 is 1.08 bits per heavy atom. The van der Waals surface area contributed by atoms with E-state index in [2.05, 4.69) is 0 Å². The minimum atomic E-state index is -1.01. The van der Waals surface area contributed by atoms with E-state index in [0.717, 1.165) is 0 Å². The number of esters is 1. The van der Waals surface area contributed by atoms with Crippen molar-refractivity contribution >= 4 is 23.8 Å². The molecule has 0 amide bonds. The lowest BCUT2D eigenvalue weighted by Gasteiger charge is -2.13. The molecule has 5 nitrogen and oxygen atoms in total. The maximum Gasteiger partial charge on any atom is 0.330 e.